The number of nitrogens with zero attached hydrogens (tertiary/aromatic N) is 4. The van der Waals surface area contributed by atoms with Crippen LogP contribution < -0.4 is 11.0 Å². The highest BCUT2D eigenvalue weighted by Crippen LogP contribution is 2.23. The molecule has 152 valence electrons. The number of fused-ring (bicyclic) bond motifs is 1. The van der Waals surface area contributed by atoms with Gasteiger partial charge in [-0.15, -0.1) is 0 Å². The van der Waals surface area contributed by atoms with Crippen molar-refractivity contribution in [1.29, 1.82) is 0 Å². The molecule has 1 saturated heterocycles. The number of pyridine rings is 1. The first-order chi connectivity index (χ1) is 14.8. The van der Waals surface area contributed by atoms with Gasteiger partial charge in [-0.1, -0.05) is 54.6 Å². The molecule has 0 aliphatic carbocycles. The molecule has 1 N–H and O–H groups in total. The first kappa shape index (κ1) is 18.8. The average molecular weight is 399 g/mol. The zero-order chi connectivity index (χ0) is 20.3. The van der Waals surface area contributed by atoms with Crippen molar-refractivity contribution in [2.24, 2.45) is 0 Å². The monoisotopic (exact) mass is 399 g/mol. The fraction of sp³-hybridized carbons (Fsp3) is 0.292. The number of nitrogens with one attached hydrogen (secondary N) is 1. The standard InChI is InChI=1S/C24H25N5O/c30-24-28(16-18-6-2-1-3-7-18)23(20-12-14-25-15-13-20)27-29(24)17-21-11-10-19-8-4-5-9-22(19)26-21/h1-11,20,25H,12-17H2. The van der Waals surface area contributed by atoms with E-state index >= 15 is 0 Å². The summed E-state index contributed by atoms with van der Waals surface area (Å²) < 4.78 is 3.43. The number of hydrogen-bond acceptors (Lipinski definition) is 4. The zero-order valence-corrected chi connectivity index (χ0v) is 16.9. The van der Waals surface area contributed by atoms with E-state index in [9.17, 15) is 4.79 Å². The highest BCUT2D eigenvalue weighted by Gasteiger charge is 2.24. The van der Waals surface area contributed by atoms with Crippen LogP contribution >= 0.6 is 0 Å². The van der Waals surface area contributed by atoms with Crippen LogP contribution in [0.1, 0.15) is 35.8 Å². The van der Waals surface area contributed by atoms with Crippen molar-refractivity contribution in [2.45, 2.75) is 31.8 Å². The minimum absolute atomic E-state index is 0.0673. The Kier molecular flexibility index (Phi) is 5.15. The Labute approximate surface area is 175 Å². The van der Waals surface area contributed by atoms with Crippen LogP contribution in [-0.4, -0.2) is 32.4 Å². The normalized spacial score (nSPS) is 14.9. The van der Waals surface area contributed by atoms with Crippen LogP contribution in [0.3, 0.4) is 0 Å². The predicted octanol–water partition coefficient (Wildman–Crippen LogP) is 3.16. The van der Waals surface area contributed by atoms with Gasteiger partial charge < -0.3 is 5.32 Å². The van der Waals surface area contributed by atoms with Gasteiger partial charge in [-0.05, 0) is 43.6 Å². The van der Waals surface area contributed by atoms with Gasteiger partial charge >= 0.3 is 5.69 Å². The molecule has 0 saturated carbocycles. The van der Waals surface area contributed by atoms with Crippen molar-refractivity contribution in [3.63, 3.8) is 0 Å². The lowest BCUT2D eigenvalue weighted by Crippen LogP contribution is -2.30. The molecule has 6 nitrogen and oxygen atoms in total. The number of aromatic nitrogens is 4. The molecular weight excluding hydrogens is 374 g/mol. The maximum Gasteiger partial charge on any atom is 0.346 e. The third kappa shape index (κ3) is 3.78. The summed E-state index contributed by atoms with van der Waals surface area (Å²) in [6.45, 7) is 2.85. The summed E-state index contributed by atoms with van der Waals surface area (Å²) in [6, 6.07) is 22.2. The van der Waals surface area contributed by atoms with Crippen LogP contribution in [0.4, 0.5) is 0 Å². The van der Waals surface area contributed by atoms with E-state index in [1.165, 1.54) is 0 Å². The van der Waals surface area contributed by atoms with Crippen molar-refractivity contribution < 1.29 is 0 Å². The van der Waals surface area contributed by atoms with E-state index < -0.39 is 0 Å². The molecule has 2 aromatic carbocycles. The summed E-state index contributed by atoms with van der Waals surface area (Å²) in [6.07, 6.45) is 2.00. The van der Waals surface area contributed by atoms with Crippen LogP contribution in [0.25, 0.3) is 10.9 Å². The van der Waals surface area contributed by atoms with E-state index in [1.807, 2.05) is 53.1 Å². The number of para-hydroxylation sites is 1. The SMILES string of the molecule is O=c1n(Cc2ccc3ccccc3n2)nc(C2CCNCC2)n1Cc1ccccc1. The fourth-order valence-electron chi connectivity index (χ4n) is 4.21. The first-order valence-electron chi connectivity index (χ1n) is 10.5. The van der Waals surface area contributed by atoms with Gasteiger partial charge in [0.1, 0.15) is 5.82 Å². The molecule has 2 aromatic heterocycles. The molecule has 0 bridgehead atoms. The molecular formula is C24H25N5O. The Balaban J connectivity index is 1.51. The van der Waals surface area contributed by atoms with E-state index in [0.717, 1.165) is 53.9 Å². The Hall–Kier alpha value is -3.25. The first-order valence-corrected chi connectivity index (χ1v) is 10.5. The lowest BCUT2D eigenvalue weighted by molar-refractivity contribution is 0.430. The Morgan fingerprint density at radius 3 is 2.50 bits per heavy atom. The number of piperidine rings is 1. The molecule has 1 aliphatic rings. The quantitative estimate of drug-likeness (QED) is 0.560. The molecule has 5 rings (SSSR count). The minimum Gasteiger partial charge on any atom is -0.317 e. The summed E-state index contributed by atoms with van der Waals surface area (Å²) in [5, 5.41) is 9.30. The summed E-state index contributed by atoms with van der Waals surface area (Å²) >= 11 is 0. The molecule has 1 aliphatic heterocycles. The van der Waals surface area contributed by atoms with Crippen molar-refractivity contribution in [3.05, 3.63) is 94.3 Å². The smallest absolute Gasteiger partial charge is 0.317 e. The van der Waals surface area contributed by atoms with E-state index in [2.05, 4.69) is 23.5 Å². The van der Waals surface area contributed by atoms with E-state index in [1.54, 1.807) is 4.68 Å². The second kappa shape index (κ2) is 8.24. The number of rotatable bonds is 5. The Bertz CT molecular complexity index is 1210. The largest absolute Gasteiger partial charge is 0.346 e. The molecule has 0 spiro atoms. The number of benzene rings is 2. The van der Waals surface area contributed by atoms with Gasteiger partial charge in [0.25, 0.3) is 0 Å². The topological polar surface area (TPSA) is 64.7 Å². The fourth-order valence-corrected chi connectivity index (χ4v) is 4.21. The highest BCUT2D eigenvalue weighted by atomic mass is 16.2. The molecule has 0 unspecified atom stereocenters. The van der Waals surface area contributed by atoms with Crippen molar-refractivity contribution in [1.82, 2.24) is 24.6 Å². The molecule has 30 heavy (non-hydrogen) atoms. The minimum atomic E-state index is -0.0673. The van der Waals surface area contributed by atoms with Crippen molar-refractivity contribution in [2.75, 3.05) is 13.1 Å². The Morgan fingerprint density at radius 1 is 0.900 bits per heavy atom. The van der Waals surface area contributed by atoms with Crippen LogP contribution in [0.5, 0.6) is 0 Å². The summed E-state index contributed by atoms with van der Waals surface area (Å²) in [4.78, 5) is 18.1. The summed E-state index contributed by atoms with van der Waals surface area (Å²) in [5.74, 6) is 1.19. The summed E-state index contributed by atoms with van der Waals surface area (Å²) in [5.41, 5.74) is 2.82. The van der Waals surface area contributed by atoms with Gasteiger partial charge in [0, 0.05) is 11.3 Å². The maximum atomic E-state index is 13.3. The van der Waals surface area contributed by atoms with Crippen LogP contribution in [-0.2, 0) is 13.1 Å². The predicted molar refractivity (Wildman–Crippen MR) is 118 cm³/mol. The zero-order valence-electron chi connectivity index (χ0n) is 16.9. The number of hydrogen-bond donors (Lipinski definition) is 1. The second-order valence-corrected chi connectivity index (χ2v) is 7.89. The van der Waals surface area contributed by atoms with E-state index in [-0.39, 0.29) is 5.69 Å². The highest BCUT2D eigenvalue weighted by molar-refractivity contribution is 5.78. The second-order valence-electron chi connectivity index (χ2n) is 7.89. The van der Waals surface area contributed by atoms with Crippen molar-refractivity contribution >= 4 is 10.9 Å². The van der Waals surface area contributed by atoms with Crippen LogP contribution in [0.2, 0.25) is 0 Å². The van der Waals surface area contributed by atoms with Gasteiger partial charge in [0.05, 0.1) is 24.3 Å². The maximum absolute atomic E-state index is 13.3. The van der Waals surface area contributed by atoms with Gasteiger partial charge in [-0.3, -0.25) is 9.55 Å². The van der Waals surface area contributed by atoms with Gasteiger partial charge in [0.2, 0.25) is 0 Å². The van der Waals surface area contributed by atoms with E-state index in [0.29, 0.717) is 19.0 Å². The van der Waals surface area contributed by atoms with Gasteiger partial charge in [-0.2, -0.15) is 5.10 Å². The summed E-state index contributed by atoms with van der Waals surface area (Å²) in [7, 11) is 0. The molecule has 4 aromatic rings. The third-order valence-electron chi connectivity index (χ3n) is 5.81. The lowest BCUT2D eigenvalue weighted by Gasteiger charge is -2.22. The lowest BCUT2D eigenvalue weighted by atomic mass is 9.97. The molecule has 1 fully saturated rings. The molecule has 6 heteroatoms. The molecule has 0 amide bonds. The third-order valence-corrected chi connectivity index (χ3v) is 5.81. The average Bonchev–Trinajstić information content (AvgIpc) is 3.10. The molecule has 0 radical (unpaired) electrons. The molecule has 0 atom stereocenters. The molecule has 3 heterocycles. The van der Waals surface area contributed by atoms with Crippen LogP contribution in [0.15, 0.2) is 71.5 Å². The van der Waals surface area contributed by atoms with Gasteiger partial charge in [-0.25, -0.2) is 9.48 Å². The Morgan fingerprint density at radius 2 is 1.67 bits per heavy atom. The van der Waals surface area contributed by atoms with Crippen LogP contribution in [0, 0.1) is 0 Å². The van der Waals surface area contributed by atoms with Gasteiger partial charge in [0.15, 0.2) is 0 Å². The van der Waals surface area contributed by atoms with E-state index in [4.69, 9.17) is 10.1 Å². The van der Waals surface area contributed by atoms with Crippen molar-refractivity contribution in [3.8, 4) is 0 Å².